The van der Waals surface area contributed by atoms with Crippen LogP contribution in [-0.4, -0.2) is 0 Å². The molecule has 52 heavy (non-hydrogen) atoms. The van der Waals surface area contributed by atoms with E-state index in [-0.39, 0.29) is 0 Å². The molecule has 244 valence electrons. The average molecular weight is 700 g/mol. The van der Waals surface area contributed by atoms with Crippen molar-refractivity contribution < 1.29 is 4.42 Å². The zero-order valence-corrected chi connectivity index (χ0v) is 29.5. The van der Waals surface area contributed by atoms with Gasteiger partial charge in [-0.15, -0.1) is 22.7 Å². The van der Waals surface area contributed by atoms with Crippen molar-refractivity contribution in [1.29, 1.82) is 0 Å². The third-order valence-corrected chi connectivity index (χ3v) is 12.5. The SMILES string of the molecule is c1ccc(-c2ccc(N(c3ccc4sc5ccccc5c4c3)c3cccc4sc5cccc(-c6ccccc6)c5c34)c3c2oc2ccccc23)cc1. The van der Waals surface area contributed by atoms with Crippen molar-refractivity contribution in [1.82, 2.24) is 0 Å². The van der Waals surface area contributed by atoms with Crippen LogP contribution in [0.5, 0.6) is 0 Å². The molecule has 2 nitrogen and oxygen atoms in total. The molecule has 0 amide bonds. The highest BCUT2D eigenvalue weighted by atomic mass is 32.1. The van der Waals surface area contributed by atoms with Gasteiger partial charge in [-0.3, -0.25) is 0 Å². The molecule has 0 N–H and O–H groups in total. The Morgan fingerprint density at radius 1 is 0.385 bits per heavy atom. The Kier molecular flexibility index (Phi) is 6.63. The van der Waals surface area contributed by atoms with Gasteiger partial charge >= 0.3 is 0 Å². The molecule has 11 aromatic rings. The monoisotopic (exact) mass is 699 g/mol. The number of thiophene rings is 2. The summed E-state index contributed by atoms with van der Waals surface area (Å²) in [5, 5.41) is 7.30. The van der Waals surface area contributed by atoms with Gasteiger partial charge in [-0.2, -0.15) is 0 Å². The van der Waals surface area contributed by atoms with Crippen molar-refractivity contribution in [3.05, 3.63) is 176 Å². The summed E-state index contributed by atoms with van der Waals surface area (Å²) in [4.78, 5) is 2.49. The predicted octanol–water partition coefficient (Wildman–Crippen LogP) is 15.1. The maximum Gasteiger partial charge on any atom is 0.145 e. The maximum atomic E-state index is 6.81. The molecule has 0 spiro atoms. The van der Waals surface area contributed by atoms with Crippen LogP contribution >= 0.6 is 22.7 Å². The van der Waals surface area contributed by atoms with Crippen molar-refractivity contribution in [2.45, 2.75) is 0 Å². The Morgan fingerprint density at radius 3 is 1.83 bits per heavy atom. The zero-order valence-electron chi connectivity index (χ0n) is 27.9. The summed E-state index contributed by atoms with van der Waals surface area (Å²) in [5.41, 5.74) is 9.79. The van der Waals surface area contributed by atoms with E-state index in [4.69, 9.17) is 4.42 Å². The van der Waals surface area contributed by atoms with E-state index in [0.717, 1.165) is 50.1 Å². The fourth-order valence-electron chi connectivity index (χ4n) is 8.00. The Bertz CT molecular complexity index is 3130. The van der Waals surface area contributed by atoms with E-state index in [0.29, 0.717) is 0 Å². The van der Waals surface area contributed by atoms with E-state index in [2.05, 4.69) is 181 Å². The van der Waals surface area contributed by atoms with Crippen molar-refractivity contribution in [3.8, 4) is 22.3 Å². The second-order valence-corrected chi connectivity index (χ2v) is 15.4. The van der Waals surface area contributed by atoms with E-state index in [1.54, 1.807) is 0 Å². The third kappa shape index (κ3) is 4.48. The summed E-state index contributed by atoms with van der Waals surface area (Å²) in [6.07, 6.45) is 0. The van der Waals surface area contributed by atoms with Crippen molar-refractivity contribution in [2.24, 2.45) is 0 Å². The van der Waals surface area contributed by atoms with Crippen LogP contribution in [0.2, 0.25) is 0 Å². The van der Waals surface area contributed by atoms with Crippen molar-refractivity contribution in [2.75, 3.05) is 4.90 Å². The van der Waals surface area contributed by atoms with Crippen LogP contribution in [0.3, 0.4) is 0 Å². The van der Waals surface area contributed by atoms with Gasteiger partial charge in [0.05, 0.1) is 16.8 Å². The molecule has 0 aliphatic rings. The lowest BCUT2D eigenvalue weighted by atomic mass is 9.97. The molecule has 0 bridgehead atoms. The molecule has 3 aromatic heterocycles. The smallest absolute Gasteiger partial charge is 0.145 e. The molecule has 0 saturated heterocycles. The van der Waals surface area contributed by atoms with E-state index in [1.165, 1.54) is 51.5 Å². The normalized spacial score (nSPS) is 11.8. The van der Waals surface area contributed by atoms with Gasteiger partial charge in [0.1, 0.15) is 11.2 Å². The number of fused-ring (bicyclic) bond motifs is 9. The van der Waals surface area contributed by atoms with Gasteiger partial charge < -0.3 is 9.32 Å². The lowest BCUT2D eigenvalue weighted by Gasteiger charge is -2.28. The lowest BCUT2D eigenvalue weighted by molar-refractivity contribution is 0.670. The third-order valence-electron chi connectivity index (χ3n) is 10.3. The minimum atomic E-state index is 0.881. The van der Waals surface area contributed by atoms with Crippen molar-refractivity contribution >= 4 is 102 Å². The van der Waals surface area contributed by atoms with Gasteiger partial charge in [0.15, 0.2) is 0 Å². The van der Waals surface area contributed by atoms with Crippen LogP contribution in [-0.2, 0) is 0 Å². The highest BCUT2D eigenvalue weighted by Gasteiger charge is 2.25. The van der Waals surface area contributed by atoms with E-state index in [9.17, 15) is 0 Å². The molecule has 0 aliphatic carbocycles. The van der Waals surface area contributed by atoms with Crippen LogP contribution < -0.4 is 4.90 Å². The number of nitrogens with zero attached hydrogens (tertiary/aromatic N) is 1. The number of anilines is 3. The van der Waals surface area contributed by atoms with Crippen molar-refractivity contribution in [3.63, 3.8) is 0 Å². The van der Waals surface area contributed by atoms with Gasteiger partial charge in [0.2, 0.25) is 0 Å². The molecule has 0 saturated carbocycles. The number of para-hydroxylation sites is 1. The quantitative estimate of drug-likeness (QED) is 0.178. The largest absolute Gasteiger partial charge is 0.455 e. The van der Waals surface area contributed by atoms with Crippen LogP contribution in [0, 0.1) is 0 Å². The Morgan fingerprint density at radius 2 is 1.00 bits per heavy atom. The fraction of sp³-hybridized carbons (Fsp3) is 0. The molecular weight excluding hydrogens is 671 g/mol. The highest BCUT2D eigenvalue weighted by Crippen LogP contribution is 2.51. The number of benzene rings is 8. The Balaban J connectivity index is 1.28. The summed E-state index contributed by atoms with van der Waals surface area (Å²) in [6.45, 7) is 0. The second kappa shape index (κ2) is 11.7. The molecule has 3 heterocycles. The first-order chi connectivity index (χ1) is 25.8. The van der Waals surface area contributed by atoms with Crippen LogP contribution in [0.25, 0.3) is 84.5 Å². The molecule has 0 aliphatic heterocycles. The molecule has 0 fully saturated rings. The number of furan rings is 1. The number of rotatable bonds is 5. The summed E-state index contributed by atoms with van der Waals surface area (Å²) >= 11 is 3.71. The van der Waals surface area contributed by atoms with E-state index < -0.39 is 0 Å². The van der Waals surface area contributed by atoms with E-state index in [1.807, 2.05) is 22.7 Å². The van der Waals surface area contributed by atoms with Gasteiger partial charge in [0.25, 0.3) is 0 Å². The molecule has 0 unspecified atom stereocenters. The molecule has 11 rings (SSSR count). The molecule has 0 radical (unpaired) electrons. The van der Waals surface area contributed by atoms with E-state index >= 15 is 0 Å². The molecular formula is C48H29NOS2. The van der Waals surface area contributed by atoms with Crippen LogP contribution in [0.15, 0.2) is 180 Å². The number of hydrogen-bond donors (Lipinski definition) is 0. The Hall–Kier alpha value is -6.20. The summed E-state index contributed by atoms with van der Waals surface area (Å²) in [5.74, 6) is 0. The topological polar surface area (TPSA) is 16.4 Å². The zero-order chi connectivity index (χ0) is 34.2. The first kappa shape index (κ1) is 29.5. The lowest BCUT2D eigenvalue weighted by Crippen LogP contribution is -2.11. The maximum absolute atomic E-state index is 6.81. The first-order valence-electron chi connectivity index (χ1n) is 17.5. The van der Waals surface area contributed by atoms with Gasteiger partial charge in [-0.1, -0.05) is 115 Å². The minimum absolute atomic E-state index is 0.881. The molecule has 0 atom stereocenters. The second-order valence-electron chi connectivity index (χ2n) is 13.2. The minimum Gasteiger partial charge on any atom is -0.455 e. The van der Waals surface area contributed by atoms with Crippen LogP contribution in [0.4, 0.5) is 17.1 Å². The van der Waals surface area contributed by atoms with Gasteiger partial charge in [0, 0.05) is 57.0 Å². The van der Waals surface area contributed by atoms with Gasteiger partial charge in [-0.05, 0) is 77.4 Å². The predicted molar refractivity (Wildman–Crippen MR) is 225 cm³/mol. The summed E-state index contributed by atoms with van der Waals surface area (Å²) < 4.78 is 11.9. The Labute approximate surface area is 308 Å². The number of hydrogen-bond acceptors (Lipinski definition) is 4. The van der Waals surface area contributed by atoms with Gasteiger partial charge in [-0.25, -0.2) is 0 Å². The summed E-state index contributed by atoms with van der Waals surface area (Å²) in [7, 11) is 0. The average Bonchev–Trinajstić information content (AvgIpc) is 3.90. The summed E-state index contributed by atoms with van der Waals surface area (Å²) in [6, 6.07) is 63.6. The standard InChI is InChI=1S/C48H29NOS2/c1-3-13-30(14-4-1)33-19-11-23-43-46(33)47-38(20-12-24-44(47)52-43)49(32-25-28-42-37(29-32)35-17-8-10-22-41(35)51-42)39-27-26-34(31-15-5-2-6-16-31)48-45(39)36-18-7-9-21-40(36)50-48/h1-29H. The molecule has 4 heteroatoms. The highest BCUT2D eigenvalue weighted by molar-refractivity contribution is 7.26. The van der Waals surface area contributed by atoms with Crippen LogP contribution in [0.1, 0.15) is 0 Å². The first-order valence-corrected chi connectivity index (χ1v) is 19.1. The fourth-order valence-corrected chi connectivity index (χ4v) is 10.2. The molecule has 8 aromatic carbocycles.